The highest BCUT2D eigenvalue weighted by molar-refractivity contribution is 5.77. The lowest BCUT2D eigenvalue weighted by Crippen LogP contribution is -3.13. The second kappa shape index (κ2) is 7.01. The van der Waals surface area contributed by atoms with Crippen molar-refractivity contribution in [2.45, 2.75) is 32.2 Å². The predicted octanol–water partition coefficient (Wildman–Crippen LogP) is 0.704. The van der Waals surface area contributed by atoms with Gasteiger partial charge in [0, 0.05) is 0 Å². The standard InChI is InChI=1S/C17H24N2O3/c1-13(18-17(20)12-19-7-3-2-4-8-19)14-5-6-15-16(11-14)22-10-9-21-15/h5-6,11,13H,2-4,7-10,12H2,1H3,(H,18,20)/p+1/t13-/m1/s1. The molecular formula is C17H25N2O3+. The Kier molecular flexibility index (Phi) is 4.83. The molecule has 1 aromatic carbocycles. The maximum absolute atomic E-state index is 12.2. The SMILES string of the molecule is C[C@@H](NC(=O)C[NH+]1CCCCC1)c1ccc2c(c1)OCCO2. The van der Waals surface area contributed by atoms with Gasteiger partial charge in [-0.05, 0) is 43.9 Å². The van der Waals surface area contributed by atoms with Crippen molar-refractivity contribution in [2.24, 2.45) is 0 Å². The normalized spacial score (nSPS) is 19.5. The second-order valence-corrected chi connectivity index (χ2v) is 6.18. The molecule has 2 aliphatic rings. The highest BCUT2D eigenvalue weighted by Crippen LogP contribution is 2.32. The Morgan fingerprint density at radius 1 is 1.18 bits per heavy atom. The number of likely N-dealkylation sites (tertiary alicyclic amines) is 1. The van der Waals surface area contributed by atoms with Crippen LogP contribution in [0.5, 0.6) is 11.5 Å². The topological polar surface area (TPSA) is 52.0 Å². The first-order chi connectivity index (χ1) is 10.7. The van der Waals surface area contributed by atoms with Crippen LogP contribution in [0.25, 0.3) is 0 Å². The van der Waals surface area contributed by atoms with Gasteiger partial charge < -0.3 is 19.7 Å². The number of fused-ring (bicyclic) bond motifs is 1. The number of rotatable bonds is 4. The Labute approximate surface area is 131 Å². The Morgan fingerprint density at radius 3 is 2.68 bits per heavy atom. The van der Waals surface area contributed by atoms with Crippen molar-refractivity contribution in [3.63, 3.8) is 0 Å². The van der Waals surface area contributed by atoms with Crippen LogP contribution in [-0.2, 0) is 4.79 Å². The third-order valence-electron chi connectivity index (χ3n) is 4.41. The molecule has 1 aromatic rings. The van der Waals surface area contributed by atoms with Crippen LogP contribution in [-0.4, -0.2) is 38.8 Å². The summed E-state index contributed by atoms with van der Waals surface area (Å²) < 4.78 is 11.1. The van der Waals surface area contributed by atoms with Crippen LogP contribution in [0.15, 0.2) is 18.2 Å². The second-order valence-electron chi connectivity index (χ2n) is 6.18. The first-order valence-corrected chi connectivity index (χ1v) is 8.25. The van der Waals surface area contributed by atoms with Crippen molar-refractivity contribution in [1.82, 2.24) is 5.32 Å². The summed E-state index contributed by atoms with van der Waals surface area (Å²) in [4.78, 5) is 13.6. The van der Waals surface area contributed by atoms with Crippen molar-refractivity contribution in [2.75, 3.05) is 32.8 Å². The molecule has 0 saturated carbocycles. The van der Waals surface area contributed by atoms with Gasteiger partial charge in [-0.3, -0.25) is 4.79 Å². The molecule has 0 radical (unpaired) electrons. The van der Waals surface area contributed by atoms with Gasteiger partial charge >= 0.3 is 0 Å². The fourth-order valence-corrected chi connectivity index (χ4v) is 3.16. The number of carbonyl (C=O) groups excluding carboxylic acids is 1. The van der Waals surface area contributed by atoms with Crippen LogP contribution in [0.2, 0.25) is 0 Å². The zero-order valence-electron chi connectivity index (χ0n) is 13.2. The number of ether oxygens (including phenoxy) is 2. The van der Waals surface area contributed by atoms with Gasteiger partial charge in [0.25, 0.3) is 5.91 Å². The quantitative estimate of drug-likeness (QED) is 0.861. The summed E-state index contributed by atoms with van der Waals surface area (Å²) in [5.74, 6) is 1.68. The van der Waals surface area contributed by atoms with Crippen molar-refractivity contribution in [3.05, 3.63) is 23.8 Å². The Morgan fingerprint density at radius 2 is 1.91 bits per heavy atom. The van der Waals surface area contributed by atoms with Crippen LogP contribution >= 0.6 is 0 Å². The van der Waals surface area contributed by atoms with Crippen LogP contribution in [0.1, 0.15) is 37.8 Å². The molecule has 0 unspecified atom stereocenters. The fourth-order valence-electron chi connectivity index (χ4n) is 3.16. The minimum absolute atomic E-state index is 0.0208. The van der Waals surface area contributed by atoms with E-state index in [1.165, 1.54) is 24.2 Å². The molecule has 2 N–H and O–H groups in total. The van der Waals surface area contributed by atoms with Crippen molar-refractivity contribution in [1.29, 1.82) is 0 Å². The minimum Gasteiger partial charge on any atom is -0.486 e. The molecule has 1 saturated heterocycles. The molecule has 0 aliphatic carbocycles. The Hall–Kier alpha value is -1.75. The zero-order chi connectivity index (χ0) is 15.4. The van der Waals surface area contributed by atoms with Gasteiger partial charge in [0.15, 0.2) is 18.0 Å². The molecule has 22 heavy (non-hydrogen) atoms. The molecule has 120 valence electrons. The summed E-state index contributed by atoms with van der Waals surface area (Å²) in [7, 11) is 0. The number of benzene rings is 1. The van der Waals surface area contributed by atoms with E-state index in [1.54, 1.807) is 0 Å². The average Bonchev–Trinajstić information content (AvgIpc) is 2.55. The molecule has 2 heterocycles. The summed E-state index contributed by atoms with van der Waals surface area (Å²) >= 11 is 0. The molecule has 2 aliphatic heterocycles. The van der Waals surface area contributed by atoms with Crippen LogP contribution in [0.4, 0.5) is 0 Å². The molecule has 1 amide bonds. The molecule has 0 aromatic heterocycles. The Bertz CT molecular complexity index is 527. The van der Waals surface area contributed by atoms with Gasteiger partial charge in [-0.1, -0.05) is 6.07 Å². The molecule has 1 fully saturated rings. The molecule has 1 atom stereocenters. The van der Waals surface area contributed by atoms with E-state index in [0.29, 0.717) is 19.8 Å². The number of piperidine rings is 1. The van der Waals surface area contributed by atoms with Gasteiger partial charge in [-0.15, -0.1) is 0 Å². The van der Waals surface area contributed by atoms with E-state index < -0.39 is 0 Å². The monoisotopic (exact) mass is 305 g/mol. The molecule has 5 nitrogen and oxygen atoms in total. The fraction of sp³-hybridized carbons (Fsp3) is 0.588. The number of quaternary nitrogens is 1. The minimum atomic E-state index is -0.0208. The van der Waals surface area contributed by atoms with Gasteiger partial charge in [0.1, 0.15) is 13.2 Å². The maximum Gasteiger partial charge on any atom is 0.275 e. The number of carbonyl (C=O) groups is 1. The van der Waals surface area contributed by atoms with E-state index in [4.69, 9.17) is 9.47 Å². The van der Waals surface area contributed by atoms with Gasteiger partial charge in [-0.2, -0.15) is 0 Å². The maximum atomic E-state index is 12.2. The molecule has 0 bridgehead atoms. The first-order valence-electron chi connectivity index (χ1n) is 8.25. The summed E-state index contributed by atoms with van der Waals surface area (Å²) in [6.07, 6.45) is 3.78. The zero-order valence-corrected chi connectivity index (χ0v) is 13.2. The number of hydrogen-bond donors (Lipinski definition) is 2. The van der Waals surface area contributed by atoms with Gasteiger partial charge in [0.2, 0.25) is 0 Å². The number of hydrogen-bond acceptors (Lipinski definition) is 3. The first kappa shape index (κ1) is 15.2. The van der Waals surface area contributed by atoms with E-state index in [0.717, 1.165) is 30.2 Å². The summed E-state index contributed by atoms with van der Waals surface area (Å²) in [5, 5.41) is 3.09. The van der Waals surface area contributed by atoms with Crippen LogP contribution in [0.3, 0.4) is 0 Å². The predicted molar refractivity (Wildman–Crippen MR) is 83.4 cm³/mol. The summed E-state index contributed by atoms with van der Waals surface area (Å²) in [6, 6.07) is 5.86. The van der Waals surface area contributed by atoms with Crippen molar-refractivity contribution in [3.8, 4) is 11.5 Å². The molecular weight excluding hydrogens is 280 g/mol. The van der Waals surface area contributed by atoms with E-state index in [1.807, 2.05) is 25.1 Å². The van der Waals surface area contributed by atoms with Crippen LogP contribution < -0.4 is 19.7 Å². The van der Waals surface area contributed by atoms with E-state index in [-0.39, 0.29) is 11.9 Å². The highest BCUT2D eigenvalue weighted by Gasteiger charge is 2.20. The van der Waals surface area contributed by atoms with E-state index >= 15 is 0 Å². The van der Waals surface area contributed by atoms with Gasteiger partial charge in [-0.25, -0.2) is 0 Å². The molecule has 0 spiro atoms. The average molecular weight is 305 g/mol. The van der Waals surface area contributed by atoms with Crippen molar-refractivity contribution >= 4 is 5.91 Å². The summed E-state index contributed by atoms with van der Waals surface area (Å²) in [6.45, 7) is 5.99. The lowest BCUT2D eigenvalue weighted by atomic mass is 10.1. The van der Waals surface area contributed by atoms with Crippen LogP contribution in [0, 0.1) is 0 Å². The smallest absolute Gasteiger partial charge is 0.275 e. The van der Waals surface area contributed by atoms with Gasteiger partial charge in [0.05, 0.1) is 19.1 Å². The number of nitrogens with one attached hydrogen (secondary N) is 2. The Balaban J connectivity index is 1.56. The van der Waals surface area contributed by atoms with E-state index in [9.17, 15) is 4.79 Å². The molecule has 5 heteroatoms. The van der Waals surface area contributed by atoms with E-state index in [2.05, 4.69) is 5.32 Å². The third kappa shape index (κ3) is 3.71. The third-order valence-corrected chi connectivity index (χ3v) is 4.41. The molecule has 3 rings (SSSR count). The number of amides is 1. The summed E-state index contributed by atoms with van der Waals surface area (Å²) in [5.41, 5.74) is 1.05. The largest absolute Gasteiger partial charge is 0.486 e. The highest BCUT2D eigenvalue weighted by atomic mass is 16.6. The lowest BCUT2D eigenvalue weighted by Gasteiger charge is -2.24. The van der Waals surface area contributed by atoms with Crippen molar-refractivity contribution < 1.29 is 19.2 Å². The lowest BCUT2D eigenvalue weighted by molar-refractivity contribution is -0.896.